The number of benzene rings is 1. The van der Waals surface area contributed by atoms with Crippen LogP contribution in [0.25, 0.3) is 0 Å². The summed E-state index contributed by atoms with van der Waals surface area (Å²) in [5.41, 5.74) is -0.155. The molecule has 1 nitrogen and oxygen atoms in total. The molecule has 1 N–H and O–H groups in total. The Balaban J connectivity index is 2.10. The molecule has 18 heavy (non-hydrogen) atoms. The molecule has 3 heteroatoms. The highest BCUT2D eigenvalue weighted by Crippen LogP contribution is 2.39. The first-order valence-electron chi connectivity index (χ1n) is 6.75. The summed E-state index contributed by atoms with van der Waals surface area (Å²) in [5.74, 6) is -0.585. The summed E-state index contributed by atoms with van der Waals surface area (Å²) < 4.78 is 27.2. The van der Waals surface area contributed by atoms with Gasteiger partial charge in [0, 0.05) is 0 Å². The van der Waals surface area contributed by atoms with E-state index in [9.17, 15) is 13.9 Å². The number of hydrogen-bond donors (Lipinski definition) is 1. The second-order valence-corrected chi connectivity index (χ2v) is 5.27. The van der Waals surface area contributed by atoms with E-state index in [1.165, 1.54) is 18.2 Å². The fourth-order valence-corrected chi connectivity index (χ4v) is 2.94. The predicted molar refractivity (Wildman–Crippen MR) is 67.1 cm³/mol. The Hall–Kier alpha value is -0.960. The maximum atomic E-state index is 13.6. The van der Waals surface area contributed by atoms with E-state index < -0.39 is 17.7 Å². The predicted octanol–water partition coefficient (Wildman–Crippen LogP) is 4.21. The largest absolute Gasteiger partial charge is 0.388 e. The van der Waals surface area contributed by atoms with Gasteiger partial charge >= 0.3 is 0 Å². The molecule has 0 amide bonds. The monoisotopic (exact) mass is 254 g/mol. The van der Waals surface area contributed by atoms with Gasteiger partial charge in [-0.2, -0.15) is 0 Å². The lowest BCUT2D eigenvalue weighted by Gasteiger charge is -2.31. The third-order valence-corrected chi connectivity index (χ3v) is 4.21. The SMILES string of the molecule is CCC1CCC(C(O)c2c(F)cccc2F)CC1. The summed E-state index contributed by atoms with van der Waals surface area (Å²) in [6.45, 7) is 2.16. The number of halogens is 2. The highest BCUT2D eigenvalue weighted by atomic mass is 19.1. The third kappa shape index (κ3) is 2.72. The molecule has 1 aliphatic carbocycles. The van der Waals surface area contributed by atoms with E-state index in [4.69, 9.17) is 0 Å². The highest BCUT2D eigenvalue weighted by molar-refractivity contribution is 5.22. The van der Waals surface area contributed by atoms with Gasteiger partial charge in [-0.05, 0) is 36.8 Å². The lowest BCUT2D eigenvalue weighted by atomic mass is 9.77. The summed E-state index contributed by atoms with van der Waals surface area (Å²) >= 11 is 0. The average molecular weight is 254 g/mol. The second-order valence-electron chi connectivity index (χ2n) is 5.27. The lowest BCUT2D eigenvalue weighted by Crippen LogP contribution is -2.21. The first kappa shape index (κ1) is 13.5. The number of aliphatic hydroxyl groups is 1. The summed E-state index contributed by atoms with van der Waals surface area (Å²) in [7, 11) is 0. The number of aliphatic hydroxyl groups excluding tert-OH is 1. The average Bonchev–Trinajstić information content (AvgIpc) is 2.38. The van der Waals surface area contributed by atoms with Crippen LogP contribution in [0, 0.1) is 23.5 Å². The fraction of sp³-hybridized carbons (Fsp3) is 0.600. The first-order valence-corrected chi connectivity index (χ1v) is 6.75. The van der Waals surface area contributed by atoms with E-state index in [-0.39, 0.29) is 11.5 Å². The molecule has 0 aliphatic heterocycles. The van der Waals surface area contributed by atoms with Crippen molar-refractivity contribution >= 4 is 0 Å². The lowest BCUT2D eigenvalue weighted by molar-refractivity contribution is 0.0670. The zero-order valence-corrected chi connectivity index (χ0v) is 10.7. The van der Waals surface area contributed by atoms with Gasteiger partial charge in [0.25, 0.3) is 0 Å². The van der Waals surface area contributed by atoms with Gasteiger partial charge in [-0.25, -0.2) is 8.78 Å². The zero-order valence-electron chi connectivity index (χ0n) is 10.7. The van der Waals surface area contributed by atoms with Crippen LogP contribution >= 0.6 is 0 Å². The van der Waals surface area contributed by atoms with E-state index in [0.29, 0.717) is 5.92 Å². The van der Waals surface area contributed by atoms with Crippen molar-refractivity contribution in [3.63, 3.8) is 0 Å². The molecule has 1 aliphatic rings. The molecule has 1 aromatic rings. The smallest absolute Gasteiger partial charge is 0.131 e. The second kappa shape index (κ2) is 5.79. The zero-order chi connectivity index (χ0) is 13.1. The number of hydrogen-bond acceptors (Lipinski definition) is 1. The van der Waals surface area contributed by atoms with Gasteiger partial charge in [-0.15, -0.1) is 0 Å². The normalized spacial score (nSPS) is 26.0. The third-order valence-electron chi connectivity index (χ3n) is 4.21. The van der Waals surface area contributed by atoms with Crippen molar-refractivity contribution in [1.82, 2.24) is 0 Å². The molecule has 1 saturated carbocycles. The van der Waals surface area contributed by atoms with Gasteiger partial charge in [-0.3, -0.25) is 0 Å². The van der Waals surface area contributed by atoms with Crippen LogP contribution in [0.2, 0.25) is 0 Å². The summed E-state index contributed by atoms with van der Waals surface area (Å²) in [4.78, 5) is 0. The van der Waals surface area contributed by atoms with E-state index >= 15 is 0 Å². The van der Waals surface area contributed by atoms with Gasteiger partial charge < -0.3 is 5.11 Å². The molecule has 0 radical (unpaired) electrons. The Labute approximate surface area is 107 Å². The molecule has 0 spiro atoms. The van der Waals surface area contributed by atoms with Crippen LogP contribution in [0.3, 0.4) is 0 Å². The van der Waals surface area contributed by atoms with Gasteiger partial charge in [0.15, 0.2) is 0 Å². The molecular weight excluding hydrogens is 234 g/mol. The van der Waals surface area contributed by atoms with Gasteiger partial charge in [0.05, 0.1) is 11.7 Å². The molecule has 1 unspecified atom stereocenters. The van der Waals surface area contributed by atoms with Crippen molar-refractivity contribution in [2.45, 2.75) is 45.1 Å². The van der Waals surface area contributed by atoms with Crippen LogP contribution in [0.4, 0.5) is 8.78 Å². The van der Waals surface area contributed by atoms with Gasteiger partial charge in [-0.1, -0.05) is 32.3 Å². The Morgan fingerprint density at radius 1 is 1.17 bits per heavy atom. The van der Waals surface area contributed by atoms with Crippen LogP contribution in [0.5, 0.6) is 0 Å². The molecule has 0 heterocycles. The van der Waals surface area contributed by atoms with Crippen LogP contribution < -0.4 is 0 Å². The van der Waals surface area contributed by atoms with Crippen molar-refractivity contribution < 1.29 is 13.9 Å². The molecule has 1 fully saturated rings. The van der Waals surface area contributed by atoms with E-state index in [2.05, 4.69) is 6.92 Å². The Morgan fingerprint density at radius 3 is 2.22 bits per heavy atom. The Bertz CT molecular complexity index is 377. The quantitative estimate of drug-likeness (QED) is 0.856. The fourth-order valence-electron chi connectivity index (χ4n) is 2.94. The Kier molecular flexibility index (Phi) is 4.33. The maximum Gasteiger partial charge on any atom is 0.131 e. The van der Waals surface area contributed by atoms with Crippen LogP contribution in [0.15, 0.2) is 18.2 Å². The molecule has 1 atom stereocenters. The molecule has 100 valence electrons. The molecule has 0 saturated heterocycles. The molecular formula is C15H20F2O. The summed E-state index contributed by atoms with van der Waals surface area (Å²) in [5, 5.41) is 10.2. The van der Waals surface area contributed by atoms with Crippen molar-refractivity contribution in [3.05, 3.63) is 35.4 Å². The first-order chi connectivity index (χ1) is 8.63. The van der Waals surface area contributed by atoms with Crippen molar-refractivity contribution in [2.75, 3.05) is 0 Å². The minimum atomic E-state index is -1.01. The molecule has 1 aromatic carbocycles. The van der Waals surface area contributed by atoms with Crippen LogP contribution in [-0.4, -0.2) is 5.11 Å². The minimum Gasteiger partial charge on any atom is -0.388 e. The van der Waals surface area contributed by atoms with Crippen molar-refractivity contribution in [3.8, 4) is 0 Å². The van der Waals surface area contributed by atoms with Crippen LogP contribution in [-0.2, 0) is 0 Å². The van der Waals surface area contributed by atoms with Crippen molar-refractivity contribution in [2.24, 2.45) is 11.8 Å². The van der Waals surface area contributed by atoms with Crippen molar-refractivity contribution in [1.29, 1.82) is 0 Å². The molecule has 0 bridgehead atoms. The van der Waals surface area contributed by atoms with E-state index in [0.717, 1.165) is 32.1 Å². The standard InChI is InChI=1S/C15H20F2O/c1-2-10-6-8-11(9-7-10)15(18)14-12(16)4-3-5-13(14)17/h3-5,10-11,15,18H,2,6-9H2,1H3. The maximum absolute atomic E-state index is 13.6. The Morgan fingerprint density at radius 2 is 1.72 bits per heavy atom. The highest BCUT2D eigenvalue weighted by Gasteiger charge is 2.29. The molecule has 0 aromatic heterocycles. The summed E-state index contributed by atoms with van der Waals surface area (Å²) in [6.07, 6.45) is 3.95. The van der Waals surface area contributed by atoms with E-state index in [1.807, 2.05) is 0 Å². The van der Waals surface area contributed by atoms with Gasteiger partial charge in [0.1, 0.15) is 11.6 Å². The van der Waals surface area contributed by atoms with E-state index in [1.54, 1.807) is 0 Å². The van der Waals surface area contributed by atoms with Crippen LogP contribution in [0.1, 0.15) is 50.7 Å². The number of rotatable bonds is 3. The van der Waals surface area contributed by atoms with Gasteiger partial charge in [0.2, 0.25) is 0 Å². The molecule has 2 rings (SSSR count). The minimum absolute atomic E-state index is 0.0146. The topological polar surface area (TPSA) is 20.2 Å². The summed E-state index contributed by atoms with van der Waals surface area (Å²) in [6, 6.07) is 3.74.